The lowest BCUT2D eigenvalue weighted by molar-refractivity contribution is 0.627. The van der Waals surface area contributed by atoms with Crippen molar-refractivity contribution in [3.05, 3.63) is 39.0 Å². The first kappa shape index (κ1) is 15.9. The second kappa shape index (κ2) is 7.02. The summed E-state index contributed by atoms with van der Waals surface area (Å²) in [6.07, 6.45) is 1.81. The smallest absolute Gasteiger partial charge is 0.139 e. The van der Waals surface area contributed by atoms with Gasteiger partial charge < -0.3 is 10.6 Å². The summed E-state index contributed by atoms with van der Waals surface area (Å²) in [6, 6.07) is 4.65. The summed E-state index contributed by atoms with van der Waals surface area (Å²) in [6.45, 7) is 4.05. The molecule has 0 fully saturated rings. The zero-order chi connectivity index (χ0) is 15.4. The molecule has 6 heteroatoms. The molecule has 112 valence electrons. The van der Waals surface area contributed by atoms with Gasteiger partial charge in [0.15, 0.2) is 0 Å². The van der Waals surface area contributed by atoms with Gasteiger partial charge in [-0.3, -0.25) is 0 Å². The fourth-order valence-corrected chi connectivity index (χ4v) is 2.59. The van der Waals surface area contributed by atoms with Crippen LogP contribution in [0.5, 0.6) is 0 Å². The Kier molecular flexibility index (Phi) is 5.33. The summed E-state index contributed by atoms with van der Waals surface area (Å²) in [4.78, 5) is 9.07. The number of anilines is 3. The van der Waals surface area contributed by atoms with Crippen molar-refractivity contribution in [1.82, 2.24) is 9.97 Å². The maximum absolute atomic E-state index is 13.2. The molecule has 0 aliphatic rings. The Balaban J connectivity index is 2.40. The minimum absolute atomic E-state index is 0.244. The zero-order valence-corrected chi connectivity index (χ0v) is 14.5. The van der Waals surface area contributed by atoms with Gasteiger partial charge in [0.1, 0.15) is 23.3 Å². The van der Waals surface area contributed by atoms with Crippen LogP contribution in [0, 0.1) is 16.3 Å². The first-order chi connectivity index (χ1) is 10.0. The summed E-state index contributed by atoms with van der Waals surface area (Å²) in [7, 11) is 1.84. The second-order valence-electron chi connectivity index (χ2n) is 4.71. The predicted molar refractivity (Wildman–Crippen MR) is 92.7 cm³/mol. The summed E-state index contributed by atoms with van der Waals surface area (Å²) < 4.78 is 14.0. The molecule has 1 heterocycles. The molecule has 21 heavy (non-hydrogen) atoms. The number of halogens is 2. The lowest BCUT2D eigenvalue weighted by Crippen LogP contribution is -2.07. The van der Waals surface area contributed by atoms with Crippen molar-refractivity contribution >= 4 is 39.9 Å². The third kappa shape index (κ3) is 3.81. The largest absolute Gasteiger partial charge is 0.373 e. The lowest BCUT2D eigenvalue weighted by atomic mass is 10.2. The molecule has 0 saturated heterocycles. The monoisotopic (exact) mass is 400 g/mol. The van der Waals surface area contributed by atoms with E-state index in [1.54, 1.807) is 6.07 Å². The highest BCUT2D eigenvalue weighted by Gasteiger charge is 2.11. The molecule has 0 amide bonds. The van der Waals surface area contributed by atoms with E-state index in [2.05, 4.69) is 50.1 Å². The van der Waals surface area contributed by atoms with Gasteiger partial charge in [0, 0.05) is 22.6 Å². The SMILES string of the molecule is CCCc1nc(NC)c(C)c(Nc2ccc(F)cc2I)n1. The van der Waals surface area contributed by atoms with Crippen LogP contribution in [0.2, 0.25) is 0 Å². The topological polar surface area (TPSA) is 49.8 Å². The summed E-state index contributed by atoms with van der Waals surface area (Å²) in [5, 5.41) is 6.37. The lowest BCUT2D eigenvalue weighted by Gasteiger charge is -2.14. The van der Waals surface area contributed by atoms with E-state index in [-0.39, 0.29) is 5.82 Å². The molecule has 0 radical (unpaired) electrons. The fourth-order valence-electron chi connectivity index (χ4n) is 1.98. The molecule has 2 N–H and O–H groups in total. The second-order valence-corrected chi connectivity index (χ2v) is 5.87. The average Bonchev–Trinajstić information content (AvgIpc) is 2.45. The van der Waals surface area contributed by atoms with Gasteiger partial charge in [-0.25, -0.2) is 14.4 Å². The first-order valence-corrected chi connectivity index (χ1v) is 7.90. The third-order valence-corrected chi connectivity index (χ3v) is 3.98. The maximum Gasteiger partial charge on any atom is 0.139 e. The molecule has 1 aromatic carbocycles. The molecule has 4 nitrogen and oxygen atoms in total. The standard InChI is InChI=1S/C15H18FIN4/c1-4-5-13-20-14(18-3)9(2)15(21-13)19-12-7-6-10(16)8-11(12)17/h6-8H,4-5H2,1-3H3,(H2,18,19,20,21). The van der Waals surface area contributed by atoms with Gasteiger partial charge in [0.25, 0.3) is 0 Å². The van der Waals surface area contributed by atoms with Crippen LogP contribution in [0.15, 0.2) is 18.2 Å². The molecule has 0 aliphatic carbocycles. The number of hydrogen-bond acceptors (Lipinski definition) is 4. The van der Waals surface area contributed by atoms with Crippen LogP contribution >= 0.6 is 22.6 Å². The Labute approximate surface area is 137 Å². The normalized spacial score (nSPS) is 10.5. The number of aryl methyl sites for hydroxylation is 1. The van der Waals surface area contributed by atoms with Crippen LogP contribution < -0.4 is 10.6 Å². The number of rotatable bonds is 5. The highest BCUT2D eigenvalue weighted by Crippen LogP contribution is 2.27. The van der Waals surface area contributed by atoms with Gasteiger partial charge in [-0.1, -0.05) is 6.92 Å². The molecular weight excluding hydrogens is 382 g/mol. The van der Waals surface area contributed by atoms with Gasteiger partial charge in [-0.2, -0.15) is 0 Å². The van der Waals surface area contributed by atoms with Gasteiger partial charge in [-0.05, 0) is 54.1 Å². The highest BCUT2D eigenvalue weighted by molar-refractivity contribution is 14.1. The van der Waals surface area contributed by atoms with Gasteiger partial charge in [-0.15, -0.1) is 0 Å². The van der Waals surface area contributed by atoms with Gasteiger partial charge in [0.2, 0.25) is 0 Å². The van der Waals surface area contributed by atoms with E-state index in [9.17, 15) is 4.39 Å². The van der Waals surface area contributed by atoms with Crippen LogP contribution in [0.3, 0.4) is 0 Å². The van der Waals surface area contributed by atoms with E-state index in [4.69, 9.17) is 0 Å². The Hall–Kier alpha value is -1.44. The Bertz CT molecular complexity index is 646. The van der Waals surface area contributed by atoms with Crippen LogP contribution in [-0.4, -0.2) is 17.0 Å². The quantitative estimate of drug-likeness (QED) is 0.737. The van der Waals surface area contributed by atoms with Crippen LogP contribution in [0.4, 0.5) is 21.7 Å². The summed E-state index contributed by atoms with van der Waals surface area (Å²) in [5.41, 5.74) is 1.78. The molecule has 0 unspecified atom stereocenters. The number of nitrogens with zero attached hydrogens (tertiary/aromatic N) is 2. The summed E-state index contributed by atoms with van der Waals surface area (Å²) in [5.74, 6) is 2.12. The molecule has 0 atom stereocenters. The van der Waals surface area contributed by atoms with E-state index >= 15 is 0 Å². The number of aromatic nitrogens is 2. The minimum Gasteiger partial charge on any atom is -0.373 e. The Morgan fingerprint density at radius 2 is 1.95 bits per heavy atom. The first-order valence-electron chi connectivity index (χ1n) is 6.82. The van der Waals surface area contributed by atoms with Crippen LogP contribution in [0.1, 0.15) is 24.7 Å². The molecule has 0 aliphatic heterocycles. The van der Waals surface area contributed by atoms with Crippen molar-refractivity contribution in [2.75, 3.05) is 17.7 Å². The van der Waals surface area contributed by atoms with Crippen LogP contribution in [-0.2, 0) is 6.42 Å². The summed E-state index contributed by atoms with van der Waals surface area (Å²) >= 11 is 2.11. The maximum atomic E-state index is 13.2. The van der Waals surface area contributed by atoms with E-state index in [1.807, 2.05) is 14.0 Å². The molecule has 2 rings (SSSR count). The molecule has 0 bridgehead atoms. The molecular formula is C15H18FIN4. The fraction of sp³-hybridized carbons (Fsp3) is 0.333. The molecule has 0 spiro atoms. The zero-order valence-electron chi connectivity index (χ0n) is 12.3. The minimum atomic E-state index is -0.244. The van der Waals surface area contributed by atoms with Gasteiger partial charge >= 0.3 is 0 Å². The number of hydrogen-bond donors (Lipinski definition) is 2. The number of nitrogens with one attached hydrogen (secondary N) is 2. The molecule has 0 saturated carbocycles. The van der Waals surface area contributed by atoms with Crippen molar-refractivity contribution in [2.45, 2.75) is 26.7 Å². The number of benzene rings is 1. The van der Waals surface area contributed by atoms with Crippen molar-refractivity contribution in [3.8, 4) is 0 Å². The molecule has 2 aromatic rings. The van der Waals surface area contributed by atoms with E-state index in [0.29, 0.717) is 0 Å². The van der Waals surface area contributed by atoms with E-state index < -0.39 is 0 Å². The van der Waals surface area contributed by atoms with Crippen molar-refractivity contribution < 1.29 is 4.39 Å². The highest BCUT2D eigenvalue weighted by atomic mass is 127. The van der Waals surface area contributed by atoms with Gasteiger partial charge in [0.05, 0.1) is 5.69 Å². The molecule has 1 aromatic heterocycles. The predicted octanol–water partition coefficient (Wildman–Crippen LogP) is 4.27. The van der Waals surface area contributed by atoms with E-state index in [1.165, 1.54) is 12.1 Å². The third-order valence-electron chi connectivity index (χ3n) is 3.09. The van der Waals surface area contributed by atoms with Crippen molar-refractivity contribution in [2.24, 2.45) is 0 Å². The van der Waals surface area contributed by atoms with Crippen molar-refractivity contribution in [1.29, 1.82) is 0 Å². The van der Waals surface area contributed by atoms with Crippen LogP contribution in [0.25, 0.3) is 0 Å². The van der Waals surface area contributed by atoms with E-state index in [0.717, 1.165) is 45.1 Å². The Morgan fingerprint density at radius 1 is 1.24 bits per heavy atom. The Morgan fingerprint density at radius 3 is 2.57 bits per heavy atom. The van der Waals surface area contributed by atoms with Crippen molar-refractivity contribution in [3.63, 3.8) is 0 Å². The average molecular weight is 400 g/mol.